The number of benzene rings is 1. The van der Waals surface area contributed by atoms with Crippen LogP contribution in [0.5, 0.6) is 0 Å². The van der Waals surface area contributed by atoms with Gasteiger partial charge in [0.25, 0.3) is 5.91 Å². The van der Waals surface area contributed by atoms with Gasteiger partial charge in [-0.2, -0.15) is 0 Å². The van der Waals surface area contributed by atoms with Gasteiger partial charge >= 0.3 is 0 Å². The standard InChI is InChI=1S/C18H22BrNO3/c1-17(2,3)10-4-7-15(21)13(8-10)18(23)12-9-11(19)5-6-14(12)20-16(18)22/h5-6,9-10,13,23H,4,7-8H2,1-3H3,(H,20,22)/t10-,13+,18-/m1/s1. The van der Waals surface area contributed by atoms with Crippen LogP contribution in [0, 0.1) is 17.3 Å². The lowest BCUT2D eigenvalue weighted by Gasteiger charge is -2.41. The van der Waals surface area contributed by atoms with E-state index >= 15 is 0 Å². The Hall–Kier alpha value is -1.20. The first-order valence-electron chi connectivity index (χ1n) is 8.00. The minimum absolute atomic E-state index is 0.0176. The highest BCUT2D eigenvalue weighted by molar-refractivity contribution is 9.10. The summed E-state index contributed by atoms with van der Waals surface area (Å²) in [5, 5.41) is 14.0. The average Bonchev–Trinajstić information content (AvgIpc) is 2.71. The van der Waals surface area contributed by atoms with Gasteiger partial charge in [-0.15, -0.1) is 0 Å². The lowest BCUT2D eigenvalue weighted by atomic mass is 9.63. The molecule has 3 rings (SSSR count). The Morgan fingerprint density at radius 2 is 2.00 bits per heavy atom. The zero-order valence-electron chi connectivity index (χ0n) is 13.6. The molecule has 1 aromatic carbocycles. The predicted octanol–water partition coefficient (Wildman–Crippen LogP) is 3.62. The van der Waals surface area contributed by atoms with Crippen molar-refractivity contribution in [2.75, 3.05) is 5.32 Å². The monoisotopic (exact) mass is 379 g/mol. The summed E-state index contributed by atoms with van der Waals surface area (Å²) < 4.78 is 0.779. The molecule has 1 amide bonds. The van der Waals surface area contributed by atoms with Crippen LogP contribution in [0.4, 0.5) is 5.69 Å². The van der Waals surface area contributed by atoms with Gasteiger partial charge in [-0.1, -0.05) is 36.7 Å². The number of aliphatic hydroxyl groups is 1. The van der Waals surface area contributed by atoms with E-state index in [1.54, 1.807) is 12.1 Å². The number of halogens is 1. The molecule has 1 fully saturated rings. The molecular weight excluding hydrogens is 358 g/mol. The molecule has 2 aliphatic rings. The van der Waals surface area contributed by atoms with Crippen LogP contribution in [-0.2, 0) is 15.2 Å². The second-order valence-corrected chi connectivity index (χ2v) is 8.68. The first-order chi connectivity index (χ1) is 10.6. The zero-order chi connectivity index (χ0) is 17.0. The van der Waals surface area contributed by atoms with Gasteiger partial charge in [-0.05, 0) is 42.4 Å². The number of hydrogen-bond acceptors (Lipinski definition) is 3. The largest absolute Gasteiger partial charge is 0.375 e. The van der Waals surface area contributed by atoms with E-state index in [2.05, 4.69) is 42.0 Å². The molecule has 124 valence electrons. The molecular formula is C18H22BrNO3. The second kappa shape index (κ2) is 5.42. The van der Waals surface area contributed by atoms with Gasteiger partial charge in [0, 0.05) is 22.1 Å². The molecule has 0 spiro atoms. The van der Waals surface area contributed by atoms with Gasteiger partial charge in [0.1, 0.15) is 5.78 Å². The minimum Gasteiger partial charge on any atom is -0.375 e. The molecule has 1 saturated carbocycles. The number of carbonyl (C=O) groups is 2. The molecule has 0 bridgehead atoms. The third-order valence-electron chi connectivity index (χ3n) is 5.36. The summed E-state index contributed by atoms with van der Waals surface area (Å²) >= 11 is 3.38. The van der Waals surface area contributed by atoms with E-state index in [4.69, 9.17) is 0 Å². The Morgan fingerprint density at radius 1 is 1.30 bits per heavy atom. The lowest BCUT2D eigenvalue weighted by molar-refractivity contribution is -0.153. The van der Waals surface area contributed by atoms with E-state index in [1.807, 2.05) is 6.07 Å². The SMILES string of the molecule is CC(C)(C)[C@@H]1CCC(=O)[C@@H]([C@@]2(O)C(=O)Nc3ccc(Br)cc32)C1. The van der Waals surface area contributed by atoms with Crippen molar-refractivity contribution >= 4 is 33.3 Å². The number of carbonyl (C=O) groups excluding carboxylic acids is 2. The van der Waals surface area contributed by atoms with Crippen molar-refractivity contribution < 1.29 is 14.7 Å². The fraction of sp³-hybridized carbons (Fsp3) is 0.556. The number of anilines is 1. The number of hydrogen-bond donors (Lipinski definition) is 2. The van der Waals surface area contributed by atoms with Gasteiger partial charge in [0.15, 0.2) is 5.60 Å². The van der Waals surface area contributed by atoms with E-state index in [-0.39, 0.29) is 11.2 Å². The number of fused-ring (bicyclic) bond motifs is 1. The molecule has 23 heavy (non-hydrogen) atoms. The van der Waals surface area contributed by atoms with E-state index in [9.17, 15) is 14.7 Å². The van der Waals surface area contributed by atoms with Crippen LogP contribution < -0.4 is 5.32 Å². The van der Waals surface area contributed by atoms with Crippen LogP contribution in [0.2, 0.25) is 0 Å². The van der Waals surface area contributed by atoms with Gasteiger partial charge in [-0.3, -0.25) is 9.59 Å². The molecule has 0 radical (unpaired) electrons. The van der Waals surface area contributed by atoms with Crippen molar-refractivity contribution in [3.8, 4) is 0 Å². The van der Waals surface area contributed by atoms with Gasteiger partial charge in [-0.25, -0.2) is 0 Å². The Morgan fingerprint density at radius 3 is 2.65 bits per heavy atom. The summed E-state index contributed by atoms with van der Waals surface area (Å²) in [5.74, 6) is -0.885. The van der Waals surface area contributed by atoms with Crippen LogP contribution in [-0.4, -0.2) is 16.8 Å². The van der Waals surface area contributed by atoms with Crippen molar-refractivity contribution in [2.24, 2.45) is 17.3 Å². The Balaban J connectivity index is 2.04. The number of rotatable bonds is 1. The van der Waals surface area contributed by atoms with Crippen molar-refractivity contribution in [1.82, 2.24) is 0 Å². The molecule has 3 atom stereocenters. The maximum Gasteiger partial charge on any atom is 0.261 e. The summed E-state index contributed by atoms with van der Waals surface area (Å²) in [6.45, 7) is 6.44. The van der Waals surface area contributed by atoms with Crippen molar-refractivity contribution in [1.29, 1.82) is 0 Å². The van der Waals surface area contributed by atoms with E-state index in [0.29, 0.717) is 30.0 Å². The normalized spacial score (nSPS) is 31.0. The molecule has 1 aliphatic heterocycles. The first-order valence-corrected chi connectivity index (χ1v) is 8.80. The van der Waals surface area contributed by atoms with Crippen LogP contribution in [0.25, 0.3) is 0 Å². The van der Waals surface area contributed by atoms with Crippen LogP contribution in [0.15, 0.2) is 22.7 Å². The molecule has 1 aromatic rings. The third-order valence-corrected chi connectivity index (χ3v) is 5.86. The Labute approximate surface area is 144 Å². The smallest absolute Gasteiger partial charge is 0.261 e. The highest BCUT2D eigenvalue weighted by Crippen LogP contribution is 2.49. The predicted molar refractivity (Wildman–Crippen MR) is 92.0 cm³/mol. The Bertz CT molecular complexity index is 679. The van der Waals surface area contributed by atoms with Crippen LogP contribution >= 0.6 is 15.9 Å². The molecule has 1 aliphatic carbocycles. The average molecular weight is 380 g/mol. The number of nitrogens with one attached hydrogen (secondary N) is 1. The summed E-state index contributed by atoms with van der Waals surface area (Å²) in [4.78, 5) is 25.1. The first kappa shape index (κ1) is 16.7. The van der Waals surface area contributed by atoms with Gasteiger partial charge in [0.2, 0.25) is 0 Å². The fourth-order valence-electron chi connectivity index (χ4n) is 3.84. The summed E-state index contributed by atoms with van der Waals surface area (Å²) in [7, 11) is 0. The summed E-state index contributed by atoms with van der Waals surface area (Å²) in [6.07, 6.45) is 1.78. The van der Waals surface area contributed by atoms with Crippen molar-refractivity contribution in [2.45, 2.75) is 45.6 Å². The van der Waals surface area contributed by atoms with Gasteiger partial charge < -0.3 is 10.4 Å². The molecule has 0 saturated heterocycles. The molecule has 0 unspecified atom stereocenters. The van der Waals surface area contributed by atoms with E-state index < -0.39 is 17.4 Å². The zero-order valence-corrected chi connectivity index (χ0v) is 15.2. The number of amides is 1. The molecule has 4 nitrogen and oxygen atoms in total. The van der Waals surface area contributed by atoms with Crippen LogP contribution in [0.3, 0.4) is 0 Å². The van der Waals surface area contributed by atoms with Crippen molar-refractivity contribution in [3.63, 3.8) is 0 Å². The lowest BCUT2D eigenvalue weighted by Crippen LogP contribution is -2.49. The molecule has 2 N–H and O–H groups in total. The number of ketones is 1. The fourth-order valence-corrected chi connectivity index (χ4v) is 4.20. The van der Waals surface area contributed by atoms with Crippen molar-refractivity contribution in [3.05, 3.63) is 28.2 Å². The minimum atomic E-state index is -1.76. The molecule has 0 aromatic heterocycles. The Kier molecular flexibility index (Phi) is 3.92. The summed E-state index contributed by atoms with van der Waals surface area (Å²) in [5.41, 5.74) is -0.624. The highest BCUT2D eigenvalue weighted by atomic mass is 79.9. The van der Waals surface area contributed by atoms with Gasteiger partial charge in [0.05, 0.1) is 5.92 Å². The molecule has 5 heteroatoms. The quantitative estimate of drug-likeness (QED) is 0.782. The van der Waals surface area contributed by atoms with E-state index in [1.165, 1.54) is 0 Å². The number of Topliss-reactive ketones (excluding diaryl/α,β-unsaturated/α-hetero) is 1. The molecule has 1 heterocycles. The highest BCUT2D eigenvalue weighted by Gasteiger charge is 2.55. The van der Waals surface area contributed by atoms with E-state index in [0.717, 1.165) is 10.9 Å². The third kappa shape index (κ3) is 2.64. The second-order valence-electron chi connectivity index (χ2n) is 7.77. The maximum atomic E-state index is 12.5. The summed E-state index contributed by atoms with van der Waals surface area (Å²) in [6, 6.07) is 5.30. The maximum absolute atomic E-state index is 12.5. The van der Waals surface area contributed by atoms with Crippen LogP contribution in [0.1, 0.15) is 45.6 Å². The topological polar surface area (TPSA) is 66.4 Å².